The number of Topliss-reactive ketones (excluding diaryl/α,β-unsaturated/α-hetero) is 1. The largest absolute Gasteiger partial charge is 0.456 e. The van der Waals surface area contributed by atoms with E-state index in [9.17, 15) is 19.5 Å². The Balaban J connectivity index is 1.58. The number of esters is 1. The molecule has 0 bridgehead atoms. The maximum atomic E-state index is 12.7. The number of aliphatic hydroxyl groups excluding tert-OH is 1. The molecule has 1 unspecified atom stereocenters. The second-order valence-electron chi connectivity index (χ2n) is 7.92. The van der Waals surface area contributed by atoms with E-state index in [1.54, 1.807) is 36.4 Å². The molecular formula is C26H27ClN2O5. The Morgan fingerprint density at radius 2 is 1.74 bits per heavy atom. The van der Waals surface area contributed by atoms with Gasteiger partial charge in [0, 0.05) is 34.1 Å². The molecule has 1 heterocycles. The molecule has 0 saturated heterocycles. The lowest BCUT2D eigenvalue weighted by Crippen LogP contribution is -2.44. The molecule has 178 valence electrons. The quantitative estimate of drug-likeness (QED) is 0.340. The van der Waals surface area contributed by atoms with Crippen LogP contribution in [0.4, 0.5) is 0 Å². The molecule has 7 nitrogen and oxygen atoms in total. The number of nitrogens with one attached hydrogen (secondary N) is 1. The zero-order valence-corrected chi connectivity index (χ0v) is 19.8. The van der Waals surface area contributed by atoms with Gasteiger partial charge in [0.15, 0.2) is 12.6 Å². The van der Waals surface area contributed by atoms with Gasteiger partial charge in [0.1, 0.15) is 0 Å². The number of hydrogen-bond donors (Lipinski definition) is 2. The number of aryl methyl sites for hydroxylation is 2. The maximum absolute atomic E-state index is 12.7. The summed E-state index contributed by atoms with van der Waals surface area (Å²) in [5.74, 6) is -1.76. The second kappa shape index (κ2) is 11.6. The van der Waals surface area contributed by atoms with E-state index in [4.69, 9.17) is 16.3 Å². The summed E-state index contributed by atoms with van der Waals surface area (Å²) in [5.41, 5.74) is 3.64. The van der Waals surface area contributed by atoms with Crippen molar-refractivity contribution in [1.82, 2.24) is 9.88 Å². The molecule has 0 saturated carbocycles. The van der Waals surface area contributed by atoms with Crippen LogP contribution in [0.3, 0.4) is 0 Å². The monoisotopic (exact) mass is 482 g/mol. The number of nitrogens with zero attached hydrogens (tertiary/aromatic N) is 1. The van der Waals surface area contributed by atoms with Gasteiger partial charge in [-0.25, -0.2) is 4.79 Å². The standard InChI is InChI=1S/C26H27ClN2O5/c1-17-14-22(18(2)29(17)13-12-19-8-10-21(27)11-9-19)24(31)16-34-26(33)23(15-30)28-25(32)20-6-4-3-5-7-20/h3-11,14,23,30H,12-13,15-16H2,1-2H3,(H,28,32). The second-order valence-corrected chi connectivity index (χ2v) is 8.35. The maximum Gasteiger partial charge on any atom is 0.331 e. The molecule has 1 amide bonds. The van der Waals surface area contributed by atoms with Crippen LogP contribution < -0.4 is 5.32 Å². The first-order chi connectivity index (χ1) is 16.3. The van der Waals surface area contributed by atoms with Crippen LogP contribution >= 0.6 is 11.6 Å². The van der Waals surface area contributed by atoms with Gasteiger partial charge in [-0.1, -0.05) is 41.9 Å². The van der Waals surface area contributed by atoms with Crippen molar-refractivity contribution >= 4 is 29.3 Å². The molecule has 0 radical (unpaired) electrons. The van der Waals surface area contributed by atoms with E-state index in [2.05, 4.69) is 5.32 Å². The number of hydrogen-bond acceptors (Lipinski definition) is 5. The highest BCUT2D eigenvalue weighted by Gasteiger charge is 2.24. The van der Waals surface area contributed by atoms with E-state index in [0.717, 1.165) is 23.4 Å². The van der Waals surface area contributed by atoms with Crippen LogP contribution in [0.25, 0.3) is 0 Å². The third-order valence-electron chi connectivity index (χ3n) is 5.57. The average Bonchev–Trinajstić information content (AvgIpc) is 3.13. The highest BCUT2D eigenvalue weighted by atomic mass is 35.5. The predicted molar refractivity (Wildman–Crippen MR) is 129 cm³/mol. The van der Waals surface area contributed by atoms with E-state index < -0.39 is 31.1 Å². The zero-order chi connectivity index (χ0) is 24.7. The summed E-state index contributed by atoms with van der Waals surface area (Å²) in [4.78, 5) is 37.3. The van der Waals surface area contributed by atoms with Crippen LogP contribution in [0.15, 0.2) is 60.7 Å². The van der Waals surface area contributed by atoms with Gasteiger partial charge in [0.2, 0.25) is 5.78 Å². The normalized spacial score (nSPS) is 11.6. The molecule has 2 N–H and O–H groups in total. The van der Waals surface area contributed by atoms with E-state index in [1.807, 2.05) is 42.7 Å². The highest BCUT2D eigenvalue weighted by molar-refractivity contribution is 6.30. The number of aromatic nitrogens is 1. The van der Waals surface area contributed by atoms with Crippen LogP contribution in [0.2, 0.25) is 5.02 Å². The summed E-state index contributed by atoms with van der Waals surface area (Å²) in [6, 6.07) is 16.4. The van der Waals surface area contributed by atoms with Gasteiger partial charge < -0.3 is 19.7 Å². The average molecular weight is 483 g/mol. The third-order valence-corrected chi connectivity index (χ3v) is 5.82. The number of ether oxygens (including phenoxy) is 1. The van der Waals surface area contributed by atoms with Crippen molar-refractivity contribution in [3.05, 3.63) is 93.8 Å². The number of carbonyl (C=O) groups excluding carboxylic acids is 3. The molecule has 1 atom stereocenters. The van der Waals surface area contributed by atoms with Crippen molar-refractivity contribution in [2.45, 2.75) is 32.9 Å². The van der Waals surface area contributed by atoms with Crippen LogP contribution in [0.5, 0.6) is 0 Å². The molecule has 0 aliphatic heterocycles. The summed E-state index contributed by atoms with van der Waals surface area (Å²) in [5, 5.41) is 12.6. The van der Waals surface area contributed by atoms with Gasteiger partial charge in [0.25, 0.3) is 5.91 Å². The van der Waals surface area contributed by atoms with Crippen LogP contribution in [-0.2, 0) is 22.5 Å². The number of rotatable bonds is 10. The van der Waals surface area contributed by atoms with Crippen molar-refractivity contribution < 1.29 is 24.2 Å². The van der Waals surface area contributed by atoms with Crippen molar-refractivity contribution in [3.63, 3.8) is 0 Å². The van der Waals surface area contributed by atoms with Crippen molar-refractivity contribution in [2.75, 3.05) is 13.2 Å². The first-order valence-electron chi connectivity index (χ1n) is 10.9. The summed E-state index contributed by atoms with van der Waals surface area (Å²) >= 11 is 5.94. The molecule has 3 rings (SSSR count). The van der Waals surface area contributed by atoms with Gasteiger partial charge >= 0.3 is 5.97 Å². The molecule has 2 aromatic carbocycles. The first kappa shape index (κ1) is 25.2. The Kier molecular flexibility index (Phi) is 8.62. The number of carbonyl (C=O) groups is 3. The van der Waals surface area contributed by atoms with Crippen LogP contribution in [0, 0.1) is 13.8 Å². The van der Waals surface area contributed by atoms with E-state index in [1.165, 1.54) is 0 Å². The fourth-order valence-electron chi connectivity index (χ4n) is 3.64. The van der Waals surface area contributed by atoms with E-state index >= 15 is 0 Å². The smallest absolute Gasteiger partial charge is 0.331 e. The lowest BCUT2D eigenvalue weighted by Gasteiger charge is -2.15. The Hall–Kier alpha value is -3.42. The topological polar surface area (TPSA) is 97.6 Å². The highest BCUT2D eigenvalue weighted by Crippen LogP contribution is 2.18. The SMILES string of the molecule is Cc1cc(C(=O)COC(=O)C(CO)NC(=O)c2ccccc2)c(C)n1CCc1ccc(Cl)cc1. The molecule has 0 spiro atoms. The number of ketones is 1. The minimum absolute atomic E-state index is 0.343. The lowest BCUT2D eigenvalue weighted by atomic mass is 10.1. The minimum atomic E-state index is -1.27. The van der Waals surface area contributed by atoms with Crippen molar-refractivity contribution in [3.8, 4) is 0 Å². The summed E-state index contributed by atoms with van der Waals surface area (Å²) in [6.45, 7) is 3.31. The minimum Gasteiger partial charge on any atom is -0.456 e. The number of aliphatic hydroxyl groups is 1. The Morgan fingerprint density at radius 3 is 2.38 bits per heavy atom. The zero-order valence-electron chi connectivity index (χ0n) is 19.1. The first-order valence-corrected chi connectivity index (χ1v) is 11.3. The summed E-state index contributed by atoms with van der Waals surface area (Å²) < 4.78 is 7.15. The molecule has 3 aromatic rings. The van der Waals surface area contributed by atoms with Crippen LogP contribution in [0.1, 0.15) is 37.7 Å². The Morgan fingerprint density at radius 1 is 1.06 bits per heavy atom. The van der Waals surface area contributed by atoms with Crippen molar-refractivity contribution in [2.24, 2.45) is 0 Å². The van der Waals surface area contributed by atoms with Crippen LogP contribution in [-0.4, -0.2) is 46.6 Å². The van der Waals surface area contributed by atoms with Crippen molar-refractivity contribution in [1.29, 1.82) is 0 Å². The Labute approximate surface area is 203 Å². The molecule has 1 aromatic heterocycles. The third kappa shape index (κ3) is 6.34. The number of benzene rings is 2. The fraction of sp³-hybridized carbons (Fsp3) is 0.269. The molecule has 0 fully saturated rings. The van der Waals surface area contributed by atoms with Gasteiger partial charge in [-0.15, -0.1) is 0 Å². The fourth-order valence-corrected chi connectivity index (χ4v) is 3.77. The molecule has 34 heavy (non-hydrogen) atoms. The summed E-state index contributed by atoms with van der Waals surface area (Å²) in [6.07, 6.45) is 0.773. The molecule has 0 aliphatic carbocycles. The summed E-state index contributed by atoms with van der Waals surface area (Å²) in [7, 11) is 0. The Bertz CT molecular complexity index is 1160. The van der Waals surface area contributed by atoms with Gasteiger partial charge in [-0.2, -0.15) is 0 Å². The lowest BCUT2D eigenvalue weighted by molar-refractivity contribution is -0.145. The number of halogens is 1. The molecule has 8 heteroatoms. The van der Waals surface area contributed by atoms with E-state index in [-0.39, 0.29) is 5.78 Å². The molecule has 0 aliphatic rings. The van der Waals surface area contributed by atoms with Gasteiger partial charge in [-0.3, -0.25) is 9.59 Å². The van der Waals surface area contributed by atoms with Gasteiger partial charge in [-0.05, 0) is 56.2 Å². The predicted octanol–water partition coefficient (Wildman–Crippen LogP) is 3.52. The van der Waals surface area contributed by atoms with E-state index in [0.29, 0.717) is 22.7 Å². The number of amides is 1. The van der Waals surface area contributed by atoms with Gasteiger partial charge in [0.05, 0.1) is 6.61 Å². The molecular weight excluding hydrogens is 456 g/mol.